The molecule has 0 spiro atoms. The van der Waals surface area contributed by atoms with Crippen molar-refractivity contribution in [3.63, 3.8) is 0 Å². The molecule has 0 bridgehead atoms. The Hall–Kier alpha value is -2.31. The van der Waals surface area contributed by atoms with Crippen LogP contribution < -0.4 is 0 Å². The number of aromatic nitrogens is 4. The van der Waals surface area contributed by atoms with E-state index in [0.717, 1.165) is 24.0 Å². The van der Waals surface area contributed by atoms with Gasteiger partial charge in [0.05, 0.1) is 23.9 Å². The summed E-state index contributed by atoms with van der Waals surface area (Å²) >= 11 is 0. The lowest BCUT2D eigenvalue weighted by atomic mass is 10.1. The molecule has 23 heavy (non-hydrogen) atoms. The fourth-order valence-corrected chi connectivity index (χ4v) is 3.43. The third kappa shape index (κ3) is 2.71. The number of β-amino-alcohol motifs (C(OH)–C–C–N with tert-alkyl or cyclic N) is 1. The molecule has 0 aliphatic carbocycles. The third-order valence-corrected chi connectivity index (χ3v) is 4.48. The van der Waals surface area contributed by atoms with Crippen LogP contribution in [0.4, 0.5) is 0 Å². The predicted molar refractivity (Wildman–Crippen MR) is 86.8 cm³/mol. The minimum atomic E-state index is -0.417. The molecule has 0 unspecified atom stereocenters. The first-order chi connectivity index (χ1) is 11.2. The second kappa shape index (κ2) is 5.72. The minimum Gasteiger partial charge on any atom is -0.390 e. The Morgan fingerprint density at radius 2 is 2.17 bits per heavy atom. The largest absolute Gasteiger partial charge is 0.390 e. The molecular weight excluding hydrogens is 290 g/mol. The van der Waals surface area contributed by atoms with Gasteiger partial charge < -0.3 is 5.11 Å². The van der Waals surface area contributed by atoms with Crippen molar-refractivity contribution in [1.29, 1.82) is 0 Å². The third-order valence-electron chi connectivity index (χ3n) is 4.48. The zero-order valence-electron chi connectivity index (χ0n) is 13.0. The average molecular weight is 309 g/mol. The molecule has 0 radical (unpaired) electrons. The molecule has 3 heterocycles. The van der Waals surface area contributed by atoms with Gasteiger partial charge in [-0.05, 0) is 30.2 Å². The highest BCUT2D eigenvalue weighted by Crippen LogP contribution is 2.25. The van der Waals surface area contributed by atoms with E-state index in [1.165, 1.54) is 11.1 Å². The van der Waals surface area contributed by atoms with Gasteiger partial charge in [0.25, 0.3) is 0 Å². The van der Waals surface area contributed by atoms with Crippen LogP contribution in [0.15, 0.2) is 42.9 Å². The second-order valence-corrected chi connectivity index (χ2v) is 6.20. The SMILES string of the molecule is Cc1cc(CN2C[C@@H](O)[C@H](n3ccnn3)C2)cc2cccnc12. The Bertz CT molecular complexity index is 817. The van der Waals surface area contributed by atoms with Crippen molar-refractivity contribution >= 4 is 10.9 Å². The van der Waals surface area contributed by atoms with Gasteiger partial charge in [0, 0.05) is 37.4 Å². The summed E-state index contributed by atoms with van der Waals surface area (Å²) in [6.07, 6.45) is 4.87. The molecule has 1 aliphatic heterocycles. The average Bonchev–Trinajstić information content (AvgIpc) is 3.17. The van der Waals surface area contributed by atoms with E-state index in [9.17, 15) is 5.11 Å². The second-order valence-electron chi connectivity index (χ2n) is 6.20. The number of aliphatic hydroxyl groups is 1. The Morgan fingerprint density at radius 1 is 1.26 bits per heavy atom. The first kappa shape index (κ1) is 14.3. The van der Waals surface area contributed by atoms with Crippen LogP contribution in [0.5, 0.6) is 0 Å². The van der Waals surface area contributed by atoms with Crippen LogP contribution in [0, 0.1) is 6.92 Å². The number of hydrogen-bond donors (Lipinski definition) is 1. The van der Waals surface area contributed by atoms with Crippen molar-refractivity contribution in [2.75, 3.05) is 13.1 Å². The number of aryl methyl sites for hydroxylation is 1. The van der Waals surface area contributed by atoms with Crippen LogP contribution >= 0.6 is 0 Å². The quantitative estimate of drug-likeness (QED) is 0.795. The molecule has 1 saturated heterocycles. The zero-order chi connectivity index (χ0) is 15.8. The van der Waals surface area contributed by atoms with Gasteiger partial charge in [-0.15, -0.1) is 5.10 Å². The summed E-state index contributed by atoms with van der Waals surface area (Å²) in [5, 5.41) is 19.3. The Morgan fingerprint density at radius 3 is 3.00 bits per heavy atom. The predicted octanol–water partition coefficient (Wildman–Crippen LogP) is 1.55. The van der Waals surface area contributed by atoms with Crippen molar-refractivity contribution in [2.24, 2.45) is 0 Å². The molecule has 2 atom stereocenters. The standard InChI is InChI=1S/C17H19N5O/c1-12-7-13(8-14-3-2-4-18-17(12)14)9-21-10-15(16(23)11-21)22-6-5-19-20-22/h2-8,15-16,23H,9-11H2,1H3/t15-,16-/m1/s1. The fraction of sp³-hybridized carbons (Fsp3) is 0.353. The molecule has 6 heteroatoms. The zero-order valence-corrected chi connectivity index (χ0v) is 13.0. The summed E-state index contributed by atoms with van der Waals surface area (Å²) in [6, 6.07) is 8.40. The van der Waals surface area contributed by atoms with Gasteiger partial charge in [-0.2, -0.15) is 0 Å². The molecule has 2 aromatic heterocycles. The minimum absolute atomic E-state index is 0.0271. The lowest BCUT2D eigenvalue weighted by molar-refractivity contribution is 0.138. The van der Waals surface area contributed by atoms with Crippen molar-refractivity contribution in [2.45, 2.75) is 25.6 Å². The molecule has 0 amide bonds. The van der Waals surface area contributed by atoms with E-state index in [0.29, 0.717) is 6.54 Å². The lowest BCUT2D eigenvalue weighted by Gasteiger charge is -2.16. The van der Waals surface area contributed by atoms with Crippen molar-refractivity contribution < 1.29 is 5.11 Å². The van der Waals surface area contributed by atoms with E-state index in [1.54, 1.807) is 10.9 Å². The normalized spacial score (nSPS) is 22.0. The number of fused-ring (bicyclic) bond motifs is 1. The highest BCUT2D eigenvalue weighted by molar-refractivity contribution is 5.82. The maximum absolute atomic E-state index is 10.3. The van der Waals surface area contributed by atoms with E-state index < -0.39 is 6.10 Å². The van der Waals surface area contributed by atoms with E-state index in [2.05, 4.69) is 45.3 Å². The maximum Gasteiger partial charge on any atom is 0.0935 e. The number of rotatable bonds is 3. The van der Waals surface area contributed by atoms with E-state index in [4.69, 9.17) is 0 Å². The smallest absolute Gasteiger partial charge is 0.0935 e. The number of hydrogen-bond acceptors (Lipinski definition) is 5. The van der Waals surface area contributed by atoms with Crippen molar-refractivity contribution in [3.05, 3.63) is 54.0 Å². The first-order valence-electron chi connectivity index (χ1n) is 7.81. The fourth-order valence-electron chi connectivity index (χ4n) is 3.43. The van der Waals surface area contributed by atoms with Crippen LogP contribution in [-0.2, 0) is 6.54 Å². The van der Waals surface area contributed by atoms with Crippen LogP contribution in [0.3, 0.4) is 0 Å². The molecule has 3 aromatic rings. The number of aliphatic hydroxyl groups excluding tert-OH is 1. The summed E-state index contributed by atoms with van der Waals surface area (Å²) in [4.78, 5) is 6.70. The molecule has 6 nitrogen and oxygen atoms in total. The van der Waals surface area contributed by atoms with Gasteiger partial charge in [0.15, 0.2) is 0 Å². The van der Waals surface area contributed by atoms with Crippen LogP contribution in [-0.4, -0.2) is 49.2 Å². The first-order valence-corrected chi connectivity index (χ1v) is 7.81. The monoisotopic (exact) mass is 309 g/mol. The summed E-state index contributed by atoms with van der Waals surface area (Å²) in [7, 11) is 0. The molecule has 0 saturated carbocycles. The van der Waals surface area contributed by atoms with Gasteiger partial charge >= 0.3 is 0 Å². The summed E-state index contributed by atoms with van der Waals surface area (Å²) < 4.78 is 1.75. The molecule has 1 fully saturated rings. The van der Waals surface area contributed by atoms with Gasteiger partial charge in [-0.25, -0.2) is 4.68 Å². The van der Waals surface area contributed by atoms with Gasteiger partial charge in [-0.3, -0.25) is 9.88 Å². The highest BCUT2D eigenvalue weighted by atomic mass is 16.3. The lowest BCUT2D eigenvalue weighted by Crippen LogP contribution is -2.22. The number of nitrogens with zero attached hydrogens (tertiary/aromatic N) is 5. The van der Waals surface area contributed by atoms with Crippen LogP contribution in [0.1, 0.15) is 17.2 Å². The maximum atomic E-state index is 10.3. The Balaban J connectivity index is 1.55. The molecular formula is C17H19N5O. The van der Waals surface area contributed by atoms with E-state index in [-0.39, 0.29) is 6.04 Å². The molecule has 118 valence electrons. The number of pyridine rings is 1. The molecule has 4 rings (SSSR count). The summed E-state index contributed by atoms with van der Waals surface area (Å²) in [5.41, 5.74) is 3.48. The van der Waals surface area contributed by atoms with Crippen LogP contribution in [0.25, 0.3) is 10.9 Å². The number of benzene rings is 1. The van der Waals surface area contributed by atoms with Crippen molar-refractivity contribution in [1.82, 2.24) is 24.9 Å². The van der Waals surface area contributed by atoms with Gasteiger partial charge in [-0.1, -0.05) is 17.3 Å². The number of likely N-dealkylation sites (tertiary alicyclic amines) is 1. The molecule has 1 aliphatic rings. The topological polar surface area (TPSA) is 67.1 Å². The highest BCUT2D eigenvalue weighted by Gasteiger charge is 2.33. The summed E-state index contributed by atoms with van der Waals surface area (Å²) in [5.74, 6) is 0. The van der Waals surface area contributed by atoms with Crippen LogP contribution in [0.2, 0.25) is 0 Å². The molecule has 1 aromatic carbocycles. The van der Waals surface area contributed by atoms with Gasteiger partial charge in [0.1, 0.15) is 0 Å². The Kier molecular flexibility index (Phi) is 3.55. The van der Waals surface area contributed by atoms with Gasteiger partial charge in [0.2, 0.25) is 0 Å². The summed E-state index contributed by atoms with van der Waals surface area (Å²) in [6.45, 7) is 4.33. The Labute approximate surface area is 134 Å². The van der Waals surface area contributed by atoms with E-state index in [1.807, 2.05) is 18.5 Å². The molecule has 1 N–H and O–H groups in total. The van der Waals surface area contributed by atoms with Crippen molar-refractivity contribution in [3.8, 4) is 0 Å². The van der Waals surface area contributed by atoms with E-state index >= 15 is 0 Å².